The first-order valence-corrected chi connectivity index (χ1v) is 13.4. The monoisotopic (exact) mass is 496 g/mol. The summed E-state index contributed by atoms with van der Waals surface area (Å²) in [5.74, 6) is 0.136. The lowest BCUT2D eigenvalue weighted by Gasteiger charge is -2.37. The molecule has 0 radical (unpaired) electrons. The van der Waals surface area contributed by atoms with Crippen LogP contribution < -0.4 is 5.32 Å². The van der Waals surface area contributed by atoms with Crippen LogP contribution in [0, 0.1) is 0 Å². The summed E-state index contributed by atoms with van der Waals surface area (Å²) in [6, 6.07) is 15.2. The summed E-state index contributed by atoms with van der Waals surface area (Å²) >= 11 is 1.65. The molecule has 2 aromatic carbocycles. The molecule has 2 aliphatic rings. The van der Waals surface area contributed by atoms with Gasteiger partial charge in [0.1, 0.15) is 12.6 Å². The summed E-state index contributed by atoms with van der Waals surface area (Å²) < 4.78 is 5.66. The first-order chi connectivity index (χ1) is 17.0. The Bertz CT molecular complexity index is 1030. The minimum atomic E-state index is -0.926. The van der Waals surface area contributed by atoms with E-state index >= 15 is 0 Å². The molecule has 0 saturated carbocycles. The normalized spacial score (nSPS) is 17.9. The molecule has 0 bridgehead atoms. The number of thioether (sulfide) groups is 1. The van der Waals surface area contributed by atoms with Gasteiger partial charge in [-0.05, 0) is 28.7 Å². The second kappa shape index (κ2) is 11.6. The zero-order valence-corrected chi connectivity index (χ0v) is 20.8. The molecule has 1 fully saturated rings. The molecule has 2 atom stereocenters. The van der Waals surface area contributed by atoms with E-state index in [0.29, 0.717) is 18.7 Å². The fourth-order valence-electron chi connectivity index (χ4n) is 4.96. The highest BCUT2D eigenvalue weighted by Crippen LogP contribution is 2.44. The molecule has 2 aromatic rings. The van der Waals surface area contributed by atoms with E-state index in [-0.39, 0.29) is 30.9 Å². The molecule has 2 amide bonds. The quantitative estimate of drug-likeness (QED) is 0.531. The van der Waals surface area contributed by atoms with E-state index in [1.165, 1.54) is 0 Å². The first-order valence-electron chi connectivity index (χ1n) is 12.2. The van der Waals surface area contributed by atoms with Crippen LogP contribution in [0.2, 0.25) is 0 Å². The predicted molar refractivity (Wildman–Crippen MR) is 137 cm³/mol. The Balaban J connectivity index is 1.43. The van der Waals surface area contributed by atoms with Gasteiger partial charge in [-0.25, -0.2) is 4.79 Å². The highest BCUT2D eigenvalue weighted by atomic mass is 32.2. The number of rotatable bonds is 9. The molecule has 4 rings (SSSR count). The fourth-order valence-corrected chi connectivity index (χ4v) is 6.03. The van der Waals surface area contributed by atoms with Gasteiger partial charge in [0.05, 0.1) is 12.5 Å². The van der Waals surface area contributed by atoms with Crippen molar-refractivity contribution in [3.05, 3.63) is 59.7 Å². The van der Waals surface area contributed by atoms with Gasteiger partial charge in [-0.1, -0.05) is 68.3 Å². The van der Waals surface area contributed by atoms with Gasteiger partial charge in [-0.3, -0.25) is 9.59 Å². The van der Waals surface area contributed by atoms with Crippen molar-refractivity contribution in [2.24, 2.45) is 0 Å². The summed E-state index contributed by atoms with van der Waals surface area (Å²) in [7, 11) is 0. The number of hydrogen-bond acceptors (Lipinski definition) is 5. The van der Waals surface area contributed by atoms with Gasteiger partial charge in [0.15, 0.2) is 0 Å². The molecule has 8 heteroatoms. The molecule has 1 aliphatic heterocycles. The van der Waals surface area contributed by atoms with Gasteiger partial charge < -0.3 is 20.1 Å². The number of aliphatic carboxylic acids is 1. The predicted octanol–water partition coefficient (Wildman–Crippen LogP) is 4.50. The van der Waals surface area contributed by atoms with Crippen LogP contribution in [0.4, 0.5) is 4.79 Å². The van der Waals surface area contributed by atoms with Crippen molar-refractivity contribution in [2.45, 2.75) is 50.6 Å². The molecular formula is C27H32N2O5S. The number of fused-ring (bicyclic) bond motifs is 3. The molecule has 2 unspecified atom stereocenters. The standard InChI is InChI=1S/C27H32N2O5S/c1-2-3-12-24(26(32)29-13-14-35-17-18(29)15-25(30)31)28-27(33)34-16-23-21-10-6-4-8-19(21)20-9-5-7-11-22(20)23/h4-11,18,23-24H,2-3,12-17H2,1H3,(H,28,33)(H,30,31). The van der Waals surface area contributed by atoms with Crippen molar-refractivity contribution in [3.8, 4) is 11.1 Å². The SMILES string of the molecule is CCCCC(NC(=O)OCC1c2ccccc2-c2ccccc21)C(=O)N1CCSCC1CC(=O)O. The average Bonchev–Trinajstić information content (AvgIpc) is 3.18. The zero-order valence-electron chi connectivity index (χ0n) is 19.9. The second-order valence-electron chi connectivity index (χ2n) is 9.02. The number of carboxylic acid groups (broad SMARTS) is 1. The maximum Gasteiger partial charge on any atom is 0.407 e. The Kier molecular flexibility index (Phi) is 8.33. The van der Waals surface area contributed by atoms with E-state index in [1.807, 2.05) is 31.2 Å². The van der Waals surface area contributed by atoms with Gasteiger partial charge in [-0.15, -0.1) is 0 Å². The van der Waals surface area contributed by atoms with E-state index < -0.39 is 18.1 Å². The van der Waals surface area contributed by atoms with Crippen molar-refractivity contribution in [1.82, 2.24) is 10.2 Å². The maximum absolute atomic E-state index is 13.4. The number of carbonyl (C=O) groups excluding carboxylic acids is 2. The van der Waals surface area contributed by atoms with Crippen LogP contribution in [-0.2, 0) is 14.3 Å². The van der Waals surface area contributed by atoms with E-state index in [1.54, 1.807) is 16.7 Å². The topological polar surface area (TPSA) is 95.9 Å². The summed E-state index contributed by atoms with van der Waals surface area (Å²) in [4.78, 5) is 39.2. The number of nitrogens with zero attached hydrogens (tertiary/aromatic N) is 1. The van der Waals surface area contributed by atoms with Gasteiger partial charge in [0, 0.05) is 24.0 Å². The van der Waals surface area contributed by atoms with Crippen LogP contribution >= 0.6 is 11.8 Å². The largest absolute Gasteiger partial charge is 0.481 e. The summed E-state index contributed by atoms with van der Waals surface area (Å²) in [5, 5.41) is 12.1. The lowest BCUT2D eigenvalue weighted by molar-refractivity contribution is -0.141. The lowest BCUT2D eigenvalue weighted by Crippen LogP contribution is -2.55. The lowest BCUT2D eigenvalue weighted by atomic mass is 9.98. The third-order valence-corrected chi connectivity index (χ3v) is 7.79. The average molecular weight is 497 g/mol. The van der Waals surface area contributed by atoms with Gasteiger partial charge >= 0.3 is 12.1 Å². The maximum atomic E-state index is 13.4. The Morgan fingerprint density at radius 3 is 2.40 bits per heavy atom. The fraction of sp³-hybridized carbons (Fsp3) is 0.444. The number of hydrogen-bond donors (Lipinski definition) is 2. The minimum Gasteiger partial charge on any atom is -0.481 e. The second-order valence-corrected chi connectivity index (χ2v) is 10.2. The minimum absolute atomic E-state index is 0.0583. The number of amides is 2. The highest BCUT2D eigenvalue weighted by Gasteiger charge is 2.34. The number of carbonyl (C=O) groups is 3. The number of alkyl carbamates (subject to hydrolysis) is 1. The van der Waals surface area contributed by atoms with Gasteiger partial charge in [-0.2, -0.15) is 11.8 Å². The molecular weight excluding hydrogens is 464 g/mol. The molecule has 1 aliphatic carbocycles. The number of ether oxygens (including phenoxy) is 1. The first kappa shape index (κ1) is 25.1. The van der Waals surface area contributed by atoms with Crippen molar-refractivity contribution in [3.63, 3.8) is 0 Å². The molecule has 186 valence electrons. The van der Waals surface area contributed by atoms with E-state index in [4.69, 9.17) is 4.74 Å². The van der Waals surface area contributed by atoms with Gasteiger partial charge in [0.2, 0.25) is 5.91 Å². The van der Waals surface area contributed by atoms with E-state index in [2.05, 4.69) is 29.6 Å². The number of nitrogens with one attached hydrogen (secondary N) is 1. The molecule has 35 heavy (non-hydrogen) atoms. The molecule has 0 spiro atoms. The Morgan fingerprint density at radius 1 is 1.11 bits per heavy atom. The number of unbranched alkanes of at least 4 members (excludes halogenated alkanes) is 1. The van der Waals surface area contributed by atoms with Crippen LogP contribution in [0.15, 0.2) is 48.5 Å². The van der Waals surface area contributed by atoms with E-state index in [9.17, 15) is 19.5 Å². The van der Waals surface area contributed by atoms with Crippen molar-refractivity contribution < 1.29 is 24.2 Å². The van der Waals surface area contributed by atoms with Crippen LogP contribution in [0.25, 0.3) is 11.1 Å². The van der Waals surface area contributed by atoms with Crippen molar-refractivity contribution in [1.29, 1.82) is 0 Å². The summed E-state index contributed by atoms with van der Waals surface area (Å²) in [6.07, 6.45) is 1.42. The van der Waals surface area contributed by atoms with Gasteiger partial charge in [0.25, 0.3) is 0 Å². The highest BCUT2D eigenvalue weighted by molar-refractivity contribution is 7.99. The number of benzene rings is 2. The number of carboxylic acids is 1. The Hall–Kier alpha value is -3.00. The van der Waals surface area contributed by atoms with Crippen LogP contribution in [0.1, 0.15) is 49.7 Å². The van der Waals surface area contributed by atoms with E-state index in [0.717, 1.165) is 40.8 Å². The summed E-state index contributed by atoms with van der Waals surface area (Å²) in [6.45, 7) is 2.69. The molecule has 1 heterocycles. The Labute approximate surface area is 210 Å². The Morgan fingerprint density at radius 2 is 1.77 bits per heavy atom. The molecule has 0 aromatic heterocycles. The smallest absolute Gasteiger partial charge is 0.407 e. The third-order valence-electron chi connectivity index (χ3n) is 6.70. The zero-order chi connectivity index (χ0) is 24.8. The van der Waals surface area contributed by atoms with Crippen LogP contribution in [0.3, 0.4) is 0 Å². The van der Waals surface area contributed by atoms with Crippen molar-refractivity contribution >= 4 is 29.7 Å². The van der Waals surface area contributed by atoms with Crippen LogP contribution in [0.5, 0.6) is 0 Å². The van der Waals surface area contributed by atoms with Crippen molar-refractivity contribution in [2.75, 3.05) is 24.7 Å². The van der Waals surface area contributed by atoms with Crippen LogP contribution in [-0.4, -0.2) is 64.7 Å². The third kappa shape index (κ3) is 5.81. The molecule has 2 N–H and O–H groups in total. The molecule has 1 saturated heterocycles. The summed E-state index contributed by atoms with van der Waals surface area (Å²) in [5.41, 5.74) is 4.56. The molecule has 7 nitrogen and oxygen atoms in total.